The van der Waals surface area contributed by atoms with Crippen LogP contribution < -0.4 is 10.5 Å². The van der Waals surface area contributed by atoms with E-state index in [0.29, 0.717) is 11.6 Å². The van der Waals surface area contributed by atoms with E-state index in [2.05, 4.69) is 37.3 Å². The number of nitrogen functional groups attached to an aromatic ring is 1. The molecule has 0 atom stereocenters. The van der Waals surface area contributed by atoms with Crippen LogP contribution in [0.2, 0.25) is 0 Å². The first-order chi connectivity index (χ1) is 13.2. The third kappa shape index (κ3) is 2.48. The number of hydrogen-bond acceptors (Lipinski definition) is 5. The van der Waals surface area contributed by atoms with Crippen molar-refractivity contribution in [3.8, 4) is 28.1 Å². The number of benzene rings is 1. The summed E-state index contributed by atoms with van der Waals surface area (Å²) in [6, 6.07) is 12.1. The quantitative estimate of drug-likeness (QED) is 0.456. The van der Waals surface area contributed by atoms with Crippen LogP contribution in [-0.2, 0) is 0 Å². The number of nitrogens with zero attached hydrogens (tertiary/aromatic N) is 3. The lowest BCUT2D eigenvalue weighted by Crippen LogP contribution is -1.86. The van der Waals surface area contributed by atoms with Crippen LogP contribution >= 0.6 is 0 Å². The van der Waals surface area contributed by atoms with Crippen LogP contribution in [0.4, 0.5) is 5.82 Å². The fourth-order valence-electron chi connectivity index (χ4n) is 3.31. The van der Waals surface area contributed by atoms with Crippen LogP contribution in [-0.4, -0.2) is 32.3 Å². The van der Waals surface area contributed by atoms with Gasteiger partial charge in [0.05, 0.1) is 18.8 Å². The Labute approximate surface area is 154 Å². The molecule has 0 saturated heterocycles. The molecule has 7 nitrogen and oxygen atoms in total. The monoisotopic (exact) mass is 356 g/mol. The molecule has 0 spiro atoms. The number of nitrogens with one attached hydrogen (secondary N) is 2. The van der Waals surface area contributed by atoms with Gasteiger partial charge in [-0.05, 0) is 41.5 Å². The summed E-state index contributed by atoms with van der Waals surface area (Å²) in [5.74, 6) is 1.20. The maximum absolute atomic E-state index is 5.96. The van der Waals surface area contributed by atoms with Crippen LogP contribution in [0.1, 0.15) is 0 Å². The SMILES string of the molecule is COc1cncc(-c2cc3c(-c4ccc5[nH]nc(N)c5c4)ccnc3[nH]2)c1. The van der Waals surface area contributed by atoms with E-state index in [0.717, 1.165) is 44.3 Å². The lowest BCUT2D eigenvalue weighted by atomic mass is 10.0. The zero-order chi connectivity index (χ0) is 18.4. The molecule has 1 aromatic carbocycles. The summed E-state index contributed by atoms with van der Waals surface area (Å²) in [5, 5.41) is 8.93. The van der Waals surface area contributed by atoms with Gasteiger partial charge in [-0.15, -0.1) is 0 Å². The number of aromatic amines is 2. The van der Waals surface area contributed by atoms with Gasteiger partial charge in [0.15, 0.2) is 5.82 Å². The summed E-state index contributed by atoms with van der Waals surface area (Å²) in [6.45, 7) is 0. The Morgan fingerprint density at radius 3 is 2.81 bits per heavy atom. The second-order valence-corrected chi connectivity index (χ2v) is 6.29. The van der Waals surface area contributed by atoms with E-state index < -0.39 is 0 Å². The summed E-state index contributed by atoms with van der Waals surface area (Å²) >= 11 is 0. The molecule has 4 heterocycles. The van der Waals surface area contributed by atoms with Gasteiger partial charge in [-0.2, -0.15) is 5.10 Å². The van der Waals surface area contributed by atoms with Gasteiger partial charge >= 0.3 is 0 Å². The minimum atomic E-state index is 0.495. The number of H-pyrrole nitrogens is 2. The van der Waals surface area contributed by atoms with Crippen LogP contribution in [0.25, 0.3) is 44.3 Å². The summed E-state index contributed by atoms with van der Waals surface area (Å²) in [4.78, 5) is 12.1. The molecule has 4 aromatic heterocycles. The maximum Gasteiger partial charge on any atom is 0.153 e. The van der Waals surface area contributed by atoms with Gasteiger partial charge in [-0.1, -0.05) is 6.07 Å². The summed E-state index contributed by atoms with van der Waals surface area (Å²) in [5.41, 5.74) is 11.7. The predicted molar refractivity (Wildman–Crippen MR) is 105 cm³/mol. The van der Waals surface area contributed by atoms with Gasteiger partial charge in [-0.3, -0.25) is 10.1 Å². The van der Waals surface area contributed by atoms with Gasteiger partial charge in [0.2, 0.25) is 0 Å². The Morgan fingerprint density at radius 1 is 1.00 bits per heavy atom. The van der Waals surface area contributed by atoms with Crippen molar-refractivity contribution >= 4 is 27.8 Å². The first-order valence-corrected chi connectivity index (χ1v) is 8.44. The largest absolute Gasteiger partial charge is 0.495 e. The molecule has 0 bridgehead atoms. The number of nitrogens with two attached hydrogens (primary N) is 1. The Balaban J connectivity index is 1.68. The van der Waals surface area contributed by atoms with Crippen LogP contribution in [0.5, 0.6) is 5.75 Å². The van der Waals surface area contributed by atoms with Crippen molar-refractivity contribution < 1.29 is 4.74 Å². The highest BCUT2D eigenvalue weighted by molar-refractivity contribution is 5.99. The molecule has 0 aliphatic carbocycles. The Bertz CT molecular complexity index is 1290. The van der Waals surface area contributed by atoms with Gasteiger partial charge in [0, 0.05) is 34.4 Å². The summed E-state index contributed by atoms with van der Waals surface area (Å²) in [7, 11) is 1.63. The Kier molecular flexibility index (Phi) is 3.33. The third-order valence-electron chi connectivity index (χ3n) is 4.70. The molecule has 4 N–H and O–H groups in total. The van der Waals surface area contributed by atoms with E-state index in [9.17, 15) is 0 Å². The molecule has 0 radical (unpaired) electrons. The van der Waals surface area contributed by atoms with E-state index in [1.165, 1.54) is 0 Å². The van der Waals surface area contributed by atoms with Crippen molar-refractivity contribution in [3.63, 3.8) is 0 Å². The molecular formula is C20H16N6O. The van der Waals surface area contributed by atoms with Crippen LogP contribution in [0.15, 0.2) is 55.0 Å². The number of methoxy groups -OCH3 is 1. The van der Waals surface area contributed by atoms with Gasteiger partial charge < -0.3 is 15.5 Å². The number of pyridine rings is 2. The second-order valence-electron chi connectivity index (χ2n) is 6.29. The highest BCUT2D eigenvalue weighted by atomic mass is 16.5. The van der Waals surface area contributed by atoms with Crippen LogP contribution in [0, 0.1) is 0 Å². The first-order valence-electron chi connectivity index (χ1n) is 8.44. The van der Waals surface area contributed by atoms with Crippen molar-refractivity contribution in [1.29, 1.82) is 0 Å². The molecule has 0 aliphatic rings. The lowest BCUT2D eigenvalue weighted by molar-refractivity contribution is 0.413. The Hall–Kier alpha value is -3.87. The molecule has 5 rings (SSSR count). The summed E-state index contributed by atoms with van der Waals surface area (Å²) in [6.07, 6.45) is 5.27. The molecule has 27 heavy (non-hydrogen) atoms. The van der Waals surface area contributed by atoms with Crippen LogP contribution in [0.3, 0.4) is 0 Å². The normalized spacial score (nSPS) is 11.3. The smallest absolute Gasteiger partial charge is 0.153 e. The minimum Gasteiger partial charge on any atom is -0.495 e. The lowest BCUT2D eigenvalue weighted by Gasteiger charge is -2.03. The molecule has 0 saturated carbocycles. The highest BCUT2D eigenvalue weighted by Crippen LogP contribution is 2.33. The molecular weight excluding hydrogens is 340 g/mol. The van der Waals surface area contributed by atoms with Gasteiger partial charge in [0.25, 0.3) is 0 Å². The third-order valence-corrected chi connectivity index (χ3v) is 4.70. The van der Waals surface area contributed by atoms with Gasteiger partial charge in [-0.25, -0.2) is 4.98 Å². The molecule has 132 valence electrons. The first kappa shape index (κ1) is 15.4. The maximum atomic E-state index is 5.96. The van der Waals surface area contributed by atoms with Gasteiger partial charge in [0.1, 0.15) is 11.4 Å². The molecule has 0 amide bonds. The molecule has 7 heteroatoms. The van der Waals surface area contributed by atoms with E-state index in [1.54, 1.807) is 25.7 Å². The number of anilines is 1. The van der Waals surface area contributed by atoms with Crippen molar-refractivity contribution in [2.45, 2.75) is 0 Å². The number of fused-ring (bicyclic) bond motifs is 2. The number of ether oxygens (including phenoxy) is 1. The minimum absolute atomic E-state index is 0.495. The van der Waals surface area contributed by atoms with E-state index in [-0.39, 0.29) is 0 Å². The van der Waals surface area contributed by atoms with Crippen molar-refractivity contribution in [2.24, 2.45) is 0 Å². The van der Waals surface area contributed by atoms with E-state index in [1.807, 2.05) is 24.3 Å². The van der Waals surface area contributed by atoms with Crippen molar-refractivity contribution in [2.75, 3.05) is 12.8 Å². The fraction of sp³-hybridized carbons (Fsp3) is 0.0500. The average Bonchev–Trinajstić information content (AvgIpc) is 3.31. The number of rotatable bonds is 3. The predicted octanol–water partition coefficient (Wildman–Crippen LogP) is 3.76. The second kappa shape index (κ2) is 5.84. The molecule has 0 fully saturated rings. The Morgan fingerprint density at radius 2 is 1.93 bits per heavy atom. The summed E-state index contributed by atoms with van der Waals surface area (Å²) < 4.78 is 5.28. The van der Waals surface area contributed by atoms with E-state index >= 15 is 0 Å². The van der Waals surface area contributed by atoms with Crippen molar-refractivity contribution in [3.05, 3.63) is 55.0 Å². The molecule has 5 aromatic rings. The highest BCUT2D eigenvalue weighted by Gasteiger charge is 2.12. The fourth-order valence-corrected chi connectivity index (χ4v) is 3.31. The molecule has 0 aliphatic heterocycles. The average molecular weight is 356 g/mol. The number of aromatic nitrogens is 5. The van der Waals surface area contributed by atoms with Crippen molar-refractivity contribution in [1.82, 2.24) is 25.1 Å². The standard InChI is InChI=1S/C20H16N6O/c1-27-13-6-12(9-22-10-13)18-8-15-14(4-5-23-20(15)24-18)11-2-3-17-16(7-11)19(21)26-25-17/h2-10H,1H3,(H,23,24)(H3,21,25,26). The number of hydrogen-bond donors (Lipinski definition) is 3. The zero-order valence-electron chi connectivity index (χ0n) is 14.5. The van der Waals surface area contributed by atoms with E-state index in [4.69, 9.17) is 10.5 Å². The zero-order valence-corrected chi connectivity index (χ0v) is 14.5. The topological polar surface area (TPSA) is 106 Å². The molecule has 0 unspecified atom stereocenters.